The third-order valence-corrected chi connectivity index (χ3v) is 5.13. The number of hydrogen-bond acceptors (Lipinski definition) is 5. The number of thiophene rings is 1. The first-order valence-corrected chi connectivity index (χ1v) is 9.79. The van der Waals surface area contributed by atoms with Crippen LogP contribution in [0.15, 0.2) is 54.6 Å². The summed E-state index contributed by atoms with van der Waals surface area (Å²) in [7, 11) is 1.71. The molecular formula is C21H22N2O4S. The lowest BCUT2D eigenvalue weighted by molar-refractivity contribution is 0.0532. The largest absolute Gasteiger partial charge is 0.492 e. The zero-order valence-corrected chi connectivity index (χ0v) is 16.6. The third kappa shape index (κ3) is 5.01. The molecule has 0 radical (unpaired) electrons. The molecule has 146 valence electrons. The number of amides is 2. The summed E-state index contributed by atoms with van der Waals surface area (Å²) in [5.74, 6) is 0.448. The number of nitrogens with one attached hydrogen (secondary N) is 1. The average molecular weight is 398 g/mol. The second kappa shape index (κ2) is 9.23. The number of anilines is 1. The summed E-state index contributed by atoms with van der Waals surface area (Å²) in [6.07, 6.45) is 0. The molecule has 3 aromatic rings. The smallest absolute Gasteiger partial charge is 0.348 e. The molecule has 1 N–H and O–H groups in total. The highest BCUT2D eigenvalue weighted by atomic mass is 32.1. The lowest BCUT2D eigenvalue weighted by Gasteiger charge is -2.18. The number of esters is 1. The van der Waals surface area contributed by atoms with E-state index in [1.165, 1.54) is 11.3 Å². The van der Waals surface area contributed by atoms with Gasteiger partial charge in [0.15, 0.2) is 0 Å². The number of fused-ring (bicyclic) bond motifs is 1. The van der Waals surface area contributed by atoms with E-state index in [1.54, 1.807) is 24.9 Å². The van der Waals surface area contributed by atoms with Gasteiger partial charge in [0.25, 0.3) is 0 Å². The van der Waals surface area contributed by atoms with Crippen molar-refractivity contribution >= 4 is 39.1 Å². The Morgan fingerprint density at radius 2 is 1.89 bits per heavy atom. The van der Waals surface area contributed by atoms with Crippen molar-refractivity contribution in [3.63, 3.8) is 0 Å². The minimum Gasteiger partial charge on any atom is -0.492 e. The standard InChI is InChI=1S/C21H22N2O4S/c1-3-26-20(24)19-14-15-13-16(9-10-18(15)28-19)22-21(25)23(2)11-12-27-17-7-5-4-6-8-17/h4-10,13-14H,3,11-12H2,1-2H3,(H,22,25). The Kier molecular flexibility index (Phi) is 6.49. The van der Waals surface area contributed by atoms with Crippen molar-refractivity contribution in [1.29, 1.82) is 0 Å². The first-order chi connectivity index (χ1) is 13.6. The van der Waals surface area contributed by atoms with Crippen molar-refractivity contribution in [2.45, 2.75) is 6.92 Å². The minimum absolute atomic E-state index is 0.225. The number of benzene rings is 2. The van der Waals surface area contributed by atoms with Crippen LogP contribution < -0.4 is 10.1 Å². The maximum absolute atomic E-state index is 12.4. The van der Waals surface area contributed by atoms with Crippen molar-refractivity contribution in [2.24, 2.45) is 0 Å². The van der Waals surface area contributed by atoms with E-state index in [1.807, 2.05) is 48.5 Å². The number of urea groups is 1. The van der Waals surface area contributed by atoms with Crippen molar-refractivity contribution in [1.82, 2.24) is 4.90 Å². The zero-order chi connectivity index (χ0) is 19.9. The summed E-state index contributed by atoms with van der Waals surface area (Å²) >= 11 is 1.37. The summed E-state index contributed by atoms with van der Waals surface area (Å²) in [6, 6.07) is 16.6. The molecular weight excluding hydrogens is 376 g/mol. The quantitative estimate of drug-likeness (QED) is 0.590. The van der Waals surface area contributed by atoms with Crippen LogP contribution in [0.1, 0.15) is 16.6 Å². The van der Waals surface area contributed by atoms with Crippen LogP contribution in [0.3, 0.4) is 0 Å². The van der Waals surface area contributed by atoms with Gasteiger partial charge in [0.1, 0.15) is 17.2 Å². The molecule has 0 unspecified atom stereocenters. The molecule has 1 heterocycles. The van der Waals surface area contributed by atoms with Crippen molar-refractivity contribution in [3.05, 3.63) is 59.5 Å². The topological polar surface area (TPSA) is 67.9 Å². The predicted octanol–water partition coefficient (Wildman–Crippen LogP) is 4.62. The second-order valence-corrected chi connectivity index (χ2v) is 7.18. The van der Waals surface area contributed by atoms with Gasteiger partial charge in [-0.05, 0) is 48.7 Å². The number of rotatable bonds is 7. The molecule has 0 atom stereocenters. The van der Waals surface area contributed by atoms with Gasteiger partial charge >= 0.3 is 12.0 Å². The molecule has 1 aromatic heterocycles. The molecule has 0 aliphatic rings. The number of carbonyl (C=O) groups excluding carboxylic acids is 2. The van der Waals surface area contributed by atoms with Crippen LogP contribution >= 0.6 is 11.3 Å². The Morgan fingerprint density at radius 3 is 2.64 bits per heavy atom. The van der Waals surface area contributed by atoms with E-state index in [0.29, 0.717) is 30.3 Å². The van der Waals surface area contributed by atoms with Gasteiger partial charge in [-0.1, -0.05) is 18.2 Å². The van der Waals surface area contributed by atoms with Gasteiger partial charge in [0.05, 0.1) is 13.2 Å². The molecule has 2 aromatic carbocycles. The van der Waals surface area contributed by atoms with Crippen LogP contribution in [-0.4, -0.2) is 43.7 Å². The van der Waals surface area contributed by atoms with E-state index in [9.17, 15) is 9.59 Å². The minimum atomic E-state index is -0.326. The highest BCUT2D eigenvalue weighted by Crippen LogP contribution is 2.28. The van der Waals surface area contributed by atoms with Crippen molar-refractivity contribution < 1.29 is 19.1 Å². The van der Waals surface area contributed by atoms with Gasteiger partial charge in [0, 0.05) is 17.4 Å². The first kappa shape index (κ1) is 19.7. The number of carbonyl (C=O) groups is 2. The molecule has 0 saturated heterocycles. The van der Waals surface area contributed by atoms with E-state index in [2.05, 4.69) is 5.32 Å². The fourth-order valence-corrected chi connectivity index (χ4v) is 3.50. The van der Waals surface area contributed by atoms with Crippen molar-refractivity contribution in [2.75, 3.05) is 32.1 Å². The molecule has 2 amide bonds. The molecule has 0 fully saturated rings. The number of para-hydroxylation sites is 1. The van der Waals surface area contributed by atoms with E-state index in [4.69, 9.17) is 9.47 Å². The summed E-state index contributed by atoms with van der Waals surface area (Å²) in [5, 5.41) is 3.76. The normalized spacial score (nSPS) is 10.5. The third-order valence-electron chi connectivity index (χ3n) is 4.03. The first-order valence-electron chi connectivity index (χ1n) is 8.97. The van der Waals surface area contributed by atoms with Crippen LogP contribution in [0.4, 0.5) is 10.5 Å². The molecule has 0 saturated carbocycles. The van der Waals surface area contributed by atoms with Gasteiger partial charge in [0.2, 0.25) is 0 Å². The van der Waals surface area contributed by atoms with Crippen LogP contribution in [0.25, 0.3) is 10.1 Å². The molecule has 28 heavy (non-hydrogen) atoms. The molecule has 6 nitrogen and oxygen atoms in total. The SMILES string of the molecule is CCOC(=O)c1cc2cc(NC(=O)N(C)CCOc3ccccc3)ccc2s1. The molecule has 0 spiro atoms. The van der Waals surface area contributed by atoms with E-state index in [0.717, 1.165) is 15.8 Å². The molecule has 0 aliphatic carbocycles. The maximum atomic E-state index is 12.4. The van der Waals surface area contributed by atoms with Crippen LogP contribution in [0.2, 0.25) is 0 Å². The Balaban J connectivity index is 1.56. The Morgan fingerprint density at radius 1 is 1.11 bits per heavy atom. The summed E-state index contributed by atoms with van der Waals surface area (Å²) < 4.78 is 11.6. The van der Waals surface area contributed by atoms with Crippen LogP contribution in [0.5, 0.6) is 5.75 Å². The van der Waals surface area contributed by atoms with Crippen LogP contribution in [-0.2, 0) is 4.74 Å². The number of hydrogen-bond donors (Lipinski definition) is 1. The summed E-state index contributed by atoms with van der Waals surface area (Å²) in [6.45, 7) is 2.98. The Hall–Kier alpha value is -3.06. The molecule has 7 heteroatoms. The fraction of sp³-hybridized carbons (Fsp3) is 0.238. The van der Waals surface area contributed by atoms with E-state index < -0.39 is 0 Å². The molecule has 3 rings (SSSR count). The highest BCUT2D eigenvalue weighted by Gasteiger charge is 2.13. The number of likely N-dealkylation sites (N-methyl/N-ethyl adjacent to an activating group) is 1. The van der Waals surface area contributed by atoms with Crippen LogP contribution in [0, 0.1) is 0 Å². The van der Waals surface area contributed by atoms with Gasteiger partial charge in [-0.25, -0.2) is 9.59 Å². The van der Waals surface area contributed by atoms with E-state index in [-0.39, 0.29) is 12.0 Å². The van der Waals surface area contributed by atoms with Gasteiger partial charge < -0.3 is 19.7 Å². The zero-order valence-electron chi connectivity index (χ0n) is 15.8. The second-order valence-electron chi connectivity index (χ2n) is 6.10. The predicted molar refractivity (Wildman–Crippen MR) is 111 cm³/mol. The summed E-state index contributed by atoms with van der Waals surface area (Å²) in [4.78, 5) is 26.4. The maximum Gasteiger partial charge on any atom is 0.348 e. The van der Waals surface area contributed by atoms with Crippen molar-refractivity contribution in [3.8, 4) is 5.75 Å². The van der Waals surface area contributed by atoms with Gasteiger partial charge in [-0.15, -0.1) is 11.3 Å². The van der Waals surface area contributed by atoms with Gasteiger partial charge in [-0.3, -0.25) is 0 Å². The molecule has 0 aliphatic heterocycles. The lowest BCUT2D eigenvalue weighted by atomic mass is 10.2. The monoisotopic (exact) mass is 398 g/mol. The Bertz CT molecular complexity index is 955. The highest BCUT2D eigenvalue weighted by molar-refractivity contribution is 7.20. The fourth-order valence-electron chi connectivity index (χ4n) is 2.56. The number of nitrogens with zero attached hydrogens (tertiary/aromatic N) is 1. The van der Waals surface area contributed by atoms with E-state index >= 15 is 0 Å². The Labute approximate surface area is 167 Å². The average Bonchev–Trinajstić information content (AvgIpc) is 3.12. The number of ether oxygens (including phenoxy) is 2. The lowest BCUT2D eigenvalue weighted by Crippen LogP contribution is -2.34. The van der Waals surface area contributed by atoms with Gasteiger partial charge in [-0.2, -0.15) is 0 Å². The molecule has 0 bridgehead atoms. The summed E-state index contributed by atoms with van der Waals surface area (Å²) in [5.41, 5.74) is 0.668.